The number of fused-ring (bicyclic) bond motifs is 1. The lowest BCUT2D eigenvalue weighted by Gasteiger charge is -2.22. The number of hydrogen-bond donors (Lipinski definition) is 5. The summed E-state index contributed by atoms with van der Waals surface area (Å²) in [6, 6.07) is 14.8. The van der Waals surface area contributed by atoms with Crippen LogP contribution in [-0.4, -0.2) is 46.5 Å². The number of aromatic amines is 1. The van der Waals surface area contributed by atoms with Crippen LogP contribution >= 0.6 is 0 Å². The summed E-state index contributed by atoms with van der Waals surface area (Å²) in [4.78, 5) is 23.9. The topological polar surface area (TPSA) is 162 Å². The third-order valence-corrected chi connectivity index (χ3v) is 8.06. The number of rotatable bonds is 12. The smallest absolute Gasteiger partial charge is 0.406 e. The van der Waals surface area contributed by atoms with Gasteiger partial charge in [0.1, 0.15) is 11.4 Å². The molecule has 0 bridgehead atoms. The van der Waals surface area contributed by atoms with Crippen LogP contribution in [0.15, 0.2) is 64.5 Å². The van der Waals surface area contributed by atoms with Crippen LogP contribution in [0.4, 0.5) is 13.2 Å². The van der Waals surface area contributed by atoms with Crippen LogP contribution in [0.1, 0.15) is 83.7 Å². The second-order valence-corrected chi connectivity index (χ2v) is 14.7. The average Bonchev–Trinajstić information content (AvgIpc) is 3.44. The molecule has 0 saturated carbocycles. The Hall–Kier alpha value is -4.36. The van der Waals surface area contributed by atoms with E-state index in [0.717, 1.165) is 59.4 Å². The van der Waals surface area contributed by atoms with E-state index < -0.39 is 6.36 Å². The molecule has 8 N–H and O–H groups in total. The van der Waals surface area contributed by atoms with Crippen molar-refractivity contribution < 1.29 is 17.9 Å². The number of nitrogens with zero attached hydrogens (tertiary/aromatic N) is 3. The number of alkyl halides is 3. The highest BCUT2D eigenvalue weighted by Crippen LogP contribution is 2.31. The first kappa shape index (κ1) is 40.1. The molecule has 2 heterocycles. The number of H-pyrrole nitrogens is 1. The minimum Gasteiger partial charge on any atom is -0.406 e. The highest BCUT2D eigenvalue weighted by Gasteiger charge is 2.32. The van der Waals surface area contributed by atoms with Crippen molar-refractivity contribution >= 4 is 17.0 Å². The molecule has 0 aliphatic rings. The molecule has 10 nitrogen and oxygen atoms in total. The third kappa shape index (κ3) is 12.8. The minimum absolute atomic E-state index is 0.0352. The van der Waals surface area contributed by atoms with E-state index in [1.165, 1.54) is 12.1 Å². The number of aliphatic imine (C=N–C) groups is 1. The molecule has 1 atom stereocenters. The zero-order valence-corrected chi connectivity index (χ0v) is 30.2. The fourth-order valence-electron chi connectivity index (χ4n) is 4.96. The Morgan fingerprint density at radius 3 is 2.26 bits per heavy atom. The molecule has 0 spiro atoms. The van der Waals surface area contributed by atoms with E-state index >= 15 is 0 Å². The molecule has 0 aliphatic heterocycles. The number of aromatic nitrogens is 3. The van der Waals surface area contributed by atoms with Crippen molar-refractivity contribution in [1.82, 2.24) is 19.9 Å². The molecule has 0 radical (unpaired) electrons. The highest BCUT2D eigenvalue weighted by molar-refractivity contribution is 5.76. The Labute approximate surface area is 292 Å². The summed E-state index contributed by atoms with van der Waals surface area (Å²) in [5.41, 5.74) is 20.9. The van der Waals surface area contributed by atoms with E-state index in [9.17, 15) is 18.0 Å². The van der Waals surface area contributed by atoms with E-state index in [0.29, 0.717) is 31.1 Å². The first-order valence-electron chi connectivity index (χ1n) is 16.8. The Balaban J connectivity index is 0.000000286. The zero-order valence-electron chi connectivity index (χ0n) is 30.2. The molecule has 0 amide bonds. The fourth-order valence-corrected chi connectivity index (χ4v) is 4.96. The lowest BCUT2D eigenvalue weighted by atomic mass is 9.85. The number of nitrogens with one attached hydrogen (secondary N) is 2. The third-order valence-electron chi connectivity index (χ3n) is 8.06. The van der Waals surface area contributed by atoms with Gasteiger partial charge in [-0.25, -0.2) is 4.79 Å². The quantitative estimate of drug-likeness (QED) is 0.0671. The van der Waals surface area contributed by atoms with Crippen molar-refractivity contribution in [3.63, 3.8) is 0 Å². The van der Waals surface area contributed by atoms with Crippen LogP contribution in [0.3, 0.4) is 0 Å². The number of halogens is 3. The van der Waals surface area contributed by atoms with Gasteiger partial charge in [0.15, 0.2) is 5.96 Å². The zero-order chi connectivity index (χ0) is 37.3. The first-order chi connectivity index (χ1) is 23.2. The number of ether oxygens (including phenoxy) is 1. The Morgan fingerprint density at radius 2 is 1.68 bits per heavy atom. The van der Waals surface area contributed by atoms with Crippen molar-refractivity contribution in [2.45, 2.75) is 91.5 Å². The van der Waals surface area contributed by atoms with Gasteiger partial charge in [0.25, 0.3) is 0 Å². The predicted octanol–water partition coefficient (Wildman–Crippen LogP) is 6.17. The van der Waals surface area contributed by atoms with Gasteiger partial charge >= 0.3 is 12.1 Å². The van der Waals surface area contributed by atoms with E-state index in [1.54, 1.807) is 4.57 Å². The lowest BCUT2D eigenvalue weighted by Crippen LogP contribution is -2.23. The Kier molecular flexibility index (Phi) is 13.7. The molecule has 0 unspecified atom stereocenters. The van der Waals surface area contributed by atoms with Gasteiger partial charge in [0.2, 0.25) is 0 Å². The van der Waals surface area contributed by atoms with Crippen molar-refractivity contribution in [3.05, 3.63) is 87.6 Å². The van der Waals surface area contributed by atoms with Gasteiger partial charge in [-0.3, -0.25) is 9.56 Å². The van der Waals surface area contributed by atoms with Crippen molar-refractivity contribution in [2.75, 3.05) is 19.6 Å². The summed E-state index contributed by atoms with van der Waals surface area (Å²) in [7, 11) is 0. The maximum Gasteiger partial charge on any atom is 0.573 e. The summed E-state index contributed by atoms with van der Waals surface area (Å²) >= 11 is 0. The maximum absolute atomic E-state index is 12.5. The van der Waals surface area contributed by atoms with E-state index in [1.807, 2.05) is 64.2 Å². The van der Waals surface area contributed by atoms with E-state index in [-0.39, 0.29) is 28.2 Å². The lowest BCUT2D eigenvalue weighted by molar-refractivity contribution is -0.274. The first-order valence-corrected chi connectivity index (χ1v) is 16.8. The molecule has 2 aromatic heterocycles. The SMILES string of the molecule is CC(C)(C)c1cc2cn(-c3ccc(CNCCCN=C(N)N)cc3)c(=O)nc2[nH]1.C[C@H](CN)CCc1cc(OC(F)(F)F)cc(C(C)(C)C)c1. The Morgan fingerprint density at radius 1 is 1.00 bits per heavy atom. The molecule has 13 heteroatoms. The molecule has 274 valence electrons. The standard InChI is InChI=1S/C21H29N7O.C16H24F3NO/c1-21(2,3)17-11-15-13-28(20(29)27-18(15)26-17)16-7-5-14(6-8-16)12-24-9-4-10-25-19(22)23;1-11(10-20)5-6-12-7-13(15(2,3)4)9-14(8-12)21-16(17,18)19/h5-8,11,13,24H,4,9-10,12H2,1-3H3,(H4,22,23,25)(H,26,27,29);7-9,11H,5-6,10,20H2,1-4H3/t;11-/m.0/s1. The summed E-state index contributed by atoms with van der Waals surface area (Å²) in [5, 5.41) is 4.27. The maximum atomic E-state index is 12.5. The number of guanidine groups is 1. The summed E-state index contributed by atoms with van der Waals surface area (Å²) in [5.74, 6) is 0.318. The summed E-state index contributed by atoms with van der Waals surface area (Å²) in [6.07, 6.45) is -0.429. The van der Waals surface area contributed by atoms with Crippen molar-refractivity contribution in [1.29, 1.82) is 0 Å². The fraction of sp³-hybridized carbons (Fsp3) is 0.486. The van der Waals surface area contributed by atoms with Gasteiger partial charge in [-0.2, -0.15) is 4.98 Å². The molecule has 4 rings (SSSR count). The number of nitrogens with two attached hydrogens (primary N) is 3. The van der Waals surface area contributed by atoms with E-state index in [4.69, 9.17) is 17.2 Å². The Bertz CT molecular complexity index is 1760. The van der Waals surface area contributed by atoms with Crippen LogP contribution in [0, 0.1) is 5.92 Å². The minimum atomic E-state index is -4.67. The predicted molar refractivity (Wildman–Crippen MR) is 196 cm³/mol. The van der Waals surface area contributed by atoms with Crippen LogP contribution in [0.2, 0.25) is 0 Å². The number of benzene rings is 2. The second-order valence-electron chi connectivity index (χ2n) is 14.7. The van der Waals surface area contributed by atoms with Gasteiger partial charge < -0.3 is 32.2 Å². The van der Waals surface area contributed by atoms with Crippen molar-refractivity contribution in [2.24, 2.45) is 28.1 Å². The summed E-state index contributed by atoms with van der Waals surface area (Å²) < 4.78 is 43.0. The van der Waals surface area contributed by atoms with Gasteiger partial charge in [-0.1, -0.05) is 66.7 Å². The molecular weight excluding hydrogens is 645 g/mol. The van der Waals surface area contributed by atoms with Gasteiger partial charge in [0.05, 0.1) is 5.69 Å². The molecule has 2 aromatic carbocycles. The highest BCUT2D eigenvalue weighted by atomic mass is 19.4. The molecule has 4 aromatic rings. The number of aryl methyl sites for hydroxylation is 1. The summed E-state index contributed by atoms with van der Waals surface area (Å²) in [6.45, 7) is 17.0. The molecule has 0 fully saturated rings. The normalized spacial score (nSPS) is 12.7. The molecule has 0 aliphatic carbocycles. The van der Waals surface area contributed by atoms with Crippen LogP contribution < -0.4 is 32.9 Å². The number of hydrogen-bond acceptors (Lipinski definition) is 6. The van der Waals surface area contributed by atoms with E-state index in [2.05, 4.69) is 51.9 Å². The largest absolute Gasteiger partial charge is 0.573 e. The van der Waals surface area contributed by atoms with Gasteiger partial charge in [-0.05, 0) is 90.7 Å². The van der Waals surface area contributed by atoms with Crippen molar-refractivity contribution in [3.8, 4) is 11.4 Å². The second kappa shape index (κ2) is 17.0. The van der Waals surface area contributed by atoms with Crippen LogP contribution in [-0.2, 0) is 23.8 Å². The molecule has 0 saturated heterocycles. The van der Waals surface area contributed by atoms with Crippen LogP contribution in [0.25, 0.3) is 16.7 Å². The van der Waals surface area contributed by atoms with Gasteiger partial charge in [-0.15, -0.1) is 13.2 Å². The monoisotopic (exact) mass is 698 g/mol. The average molecular weight is 699 g/mol. The van der Waals surface area contributed by atoms with Crippen LogP contribution in [0.5, 0.6) is 5.75 Å². The molecule has 50 heavy (non-hydrogen) atoms. The molecular formula is C37H53F3N8O2. The van der Waals surface area contributed by atoms with Gasteiger partial charge in [0, 0.05) is 35.8 Å².